The molecule has 0 aromatic heterocycles. The van der Waals surface area contributed by atoms with Crippen LogP contribution in [-0.2, 0) is 47.7 Å². The molecule has 0 aromatic rings. The normalized spacial score (nSPS) is 40.4. The lowest BCUT2D eigenvalue weighted by molar-refractivity contribution is -0.265. The number of piperidine rings is 1. The van der Waals surface area contributed by atoms with Crippen molar-refractivity contribution in [3.05, 3.63) is 47.6 Å². The number of ketones is 3. The molecular formula is C51H79NO13. The van der Waals surface area contributed by atoms with E-state index in [9.17, 15) is 39.3 Å². The maximum atomic E-state index is 14.4. The van der Waals surface area contributed by atoms with Crippen LogP contribution in [0.25, 0.3) is 0 Å². The van der Waals surface area contributed by atoms with Crippen molar-refractivity contribution in [3.63, 3.8) is 0 Å². The third-order valence-electron chi connectivity index (χ3n) is 14.5. The van der Waals surface area contributed by atoms with Crippen LogP contribution in [0.2, 0.25) is 0 Å². The highest BCUT2D eigenvalue weighted by Crippen LogP contribution is 2.38. The van der Waals surface area contributed by atoms with Gasteiger partial charge in [0.25, 0.3) is 11.7 Å². The first-order valence-corrected chi connectivity index (χ1v) is 23.9. The molecule has 3 aliphatic heterocycles. The molecule has 0 spiro atoms. The largest absolute Gasteiger partial charge is 0.460 e. The summed E-state index contributed by atoms with van der Waals surface area (Å²) in [5, 5.41) is 33.8. The van der Waals surface area contributed by atoms with Crippen LogP contribution in [0.1, 0.15) is 126 Å². The number of rotatable bonds is 6. The first kappa shape index (κ1) is 54.2. The van der Waals surface area contributed by atoms with Gasteiger partial charge in [-0.25, -0.2) is 4.79 Å². The fourth-order valence-corrected chi connectivity index (χ4v) is 10.1. The number of nitrogens with zero attached hydrogens (tertiary/aromatic N) is 1. The number of esters is 1. The van der Waals surface area contributed by atoms with Gasteiger partial charge in [-0.15, -0.1) is 0 Å². The van der Waals surface area contributed by atoms with Gasteiger partial charge in [-0.1, -0.05) is 71.1 Å². The SMILES string of the molecule is CO[C@H]1C[C@H]2CC[C@H](C)[C@](O)(O2)C(=O)C(=O)N2CCCC[C@@H]2C(=O)O[C@@H]([C@@H](C)C[C@@H]2CC[C@@H](O)[C@@H](OC)C2)CC(=O)[C@@H](C)/C=C(/C)[C@@H](O)[C@@H](OC)C(=O)[C@@H](C)C[C@@H](C)\C=C/C=C\C=C/1C. The van der Waals surface area contributed by atoms with E-state index in [1.165, 1.54) is 12.0 Å². The molecule has 3 fully saturated rings. The molecule has 0 aromatic carbocycles. The number of amides is 1. The Balaban J connectivity index is 1.70. The monoisotopic (exact) mass is 914 g/mol. The van der Waals surface area contributed by atoms with Crippen molar-refractivity contribution in [3.8, 4) is 0 Å². The Bertz CT molecular complexity index is 1760. The van der Waals surface area contributed by atoms with E-state index in [1.54, 1.807) is 41.1 Å². The second kappa shape index (κ2) is 25.1. The Morgan fingerprint density at radius 2 is 1.57 bits per heavy atom. The number of methoxy groups -OCH3 is 3. The van der Waals surface area contributed by atoms with Crippen molar-refractivity contribution in [1.82, 2.24) is 4.90 Å². The highest BCUT2D eigenvalue weighted by Gasteiger charge is 2.53. The molecule has 0 unspecified atom stereocenters. The lowest BCUT2D eigenvalue weighted by Gasteiger charge is -2.42. The fraction of sp³-hybridized carbons (Fsp3) is 0.745. The molecule has 1 saturated carbocycles. The summed E-state index contributed by atoms with van der Waals surface area (Å²) >= 11 is 0. The smallest absolute Gasteiger partial charge is 0.329 e. The second-order valence-electron chi connectivity index (χ2n) is 19.6. The summed E-state index contributed by atoms with van der Waals surface area (Å²) in [7, 11) is 4.52. The lowest BCUT2D eigenvalue weighted by atomic mass is 9.78. The molecule has 366 valence electrons. The number of ether oxygens (including phenoxy) is 5. The van der Waals surface area contributed by atoms with Crippen LogP contribution < -0.4 is 0 Å². The van der Waals surface area contributed by atoms with Crippen molar-refractivity contribution in [2.75, 3.05) is 27.9 Å². The van der Waals surface area contributed by atoms with Gasteiger partial charge in [0.1, 0.15) is 30.1 Å². The van der Waals surface area contributed by atoms with E-state index in [0.29, 0.717) is 63.4 Å². The Kier molecular flexibility index (Phi) is 21.0. The molecule has 1 aliphatic carbocycles. The van der Waals surface area contributed by atoms with Crippen molar-refractivity contribution in [2.24, 2.45) is 35.5 Å². The average Bonchev–Trinajstić information content (AvgIpc) is 3.28. The molecule has 2 saturated heterocycles. The van der Waals surface area contributed by atoms with Gasteiger partial charge in [-0.2, -0.15) is 0 Å². The molecule has 4 aliphatic rings. The molecule has 14 nitrogen and oxygen atoms in total. The van der Waals surface area contributed by atoms with E-state index in [4.69, 9.17) is 23.7 Å². The number of carbonyl (C=O) groups excluding carboxylic acids is 5. The molecule has 1 amide bonds. The standard InChI is InChI=1S/C51H79NO13/c1-30-16-12-11-13-17-31(2)42(61-8)28-38-21-19-36(7)51(60,65-38)48(57)49(58)52-23-15-14-18-39(52)50(59)64-43(33(4)26-37-20-22-40(53)44(27-37)62-9)29-41(54)32(3)25-35(6)46(56)47(63-10)45(55)34(5)24-30/h11-13,16-17,25,30,32-34,36-40,42-44,46-47,53,56,60H,14-15,18-24,26-29H2,1-10H3/b13-11-,16-12-,31-17-,35-25-/t30-,32-,33-,34-,36-,37-,38+,39+,40+,42-,43+,44-,46+,47-,51-/m0/s1. The van der Waals surface area contributed by atoms with Crippen LogP contribution in [0.4, 0.5) is 0 Å². The predicted octanol–water partition coefficient (Wildman–Crippen LogP) is 6.18. The first-order chi connectivity index (χ1) is 30.7. The van der Waals surface area contributed by atoms with Crippen LogP contribution >= 0.6 is 0 Å². The van der Waals surface area contributed by atoms with Gasteiger partial charge < -0.3 is 43.9 Å². The van der Waals surface area contributed by atoms with Crippen molar-refractivity contribution >= 4 is 29.2 Å². The van der Waals surface area contributed by atoms with Gasteiger partial charge in [0.2, 0.25) is 5.79 Å². The zero-order valence-electron chi connectivity index (χ0n) is 40.6. The minimum absolute atomic E-state index is 0.0193. The van der Waals surface area contributed by atoms with Crippen LogP contribution in [0, 0.1) is 35.5 Å². The van der Waals surface area contributed by atoms with Gasteiger partial charge in [0, 0.05) is 58.5 Å². The molecule has 3 heterocycles. The Morgan fingerprint density at radius 1 is 0.846 bits per heavy atom. The maximum absolute atomic E-state index is 14.4. The number of cyclic esters (lactones) is 1. The summed E-state index contributed by atoms with van der Waals surface area (Å²) in [4.78, 5) is 71.8. The number of aliphatic hydroxyl groups is 3. The minimum atomic E-state index is -2.43. The maximum Gasteiger partial charge on any atom is 0.329 e. The quantitative estimate of drug-likeness (QED) is 0.156. The highest BCUT2D eigenvalue weighted by atomic mass is 16.6. The van der Waals surface area contributed by atoms with Gasteiger partial charge in [0.15, 0.2) is 5.78 Å². The van der Waals surface area contributed by atoms with Crippen molar-refractivity contribution in [2.45, 2.75) is 180 Å². The van der Waals surface area contributed by atoms with Gasteiger partial charge in [-0.3, -0.25) is 19.2 Å². The number of hydrogen-bond acceptors (Lipinski definition) is 13. The second-order valence-corrected chi connectivity index (χ2v) is 19.6. The highest BCUT2D eigenvalue weighted by molar-refractivity contribution is 6.39. The first-order valence-electron chi connectivity index (χ1n) is 23.9. The van der Waals surface area contributed by atoms with Gasteiger partial charge in [-0.05, 0) is 107 Å². The zero-order valence-corrected chi connectivity index (χ0v) is 40.6. The van der Waals surface area contributed by atoms with E-state index in [0.717, 1.165) is 12.0 Å². The summed E-state index contributed by atoms with van der Waals surface area (Å²) in [6, 6.07) is -1.14. The predicted molar refractivity (Wildman–Crippen MR) is 245 cm³/mol. The number of fused-ring (bicyclic) bond motifs is 3. The lowest BCUT2D eigenvalue weighted by Crippen LogP contribution is -2.61. The minimum Gasteiger partial charge on any atom is -0.460 e. The molecule has 65 heavy (non-hydrogen) atoms. The van der Waals surface area contributed by atoms with E-state index in [1.807, 2.05) is 58.1 Å². The van der Waals surface area contributed by atoms with Crippen LogP contribution in [0.5, 0.6) is 0 Å². The molecular weight excluding hydrogens is 835 g/mol. The number of aliphatic hydroxyl groups excluding tert-OH is 2. The van der Waals surface area contributed by atoms with E-state index in [2.05, 4.69) is 0 Å². The summed E-state index contributed by atoms with van der Waals surface area (Å²) in [6.45, 7) is 12.7. The fourth-order valence-electron chi connectivity index (χ4n) is 10.1. The Morgan fingerprint density at radius 3 is 2.25 bits per heavy atom. The summed E-state index contributed by atoms with van der Waals surface area (Å²) < 4.78 is 29.4. The molecule has 3 N–H and O–H groups in total. The molecule has 15 atom stereocenters. The van der Waals surface area contributed by atoms with Gasteiger partial charge in [0.05, 0.1) is 24.4 Å². The van der Waals surface area contributed by atoms with Crippen LogP contribution in [-0.4, -0.2) is 132 Å². The van der Waals surface area contributed by atoms with E-state index < -0.39 is 83.9 Å². The third-order valence-corrected chi connectivity index (χ3v) is 14.5. The molecule has 4 rings (SSSR count). The van der Waals surface area contributed by atoms with E-state index >= 15 is 0 Å². The zero-order chi connectivity index (χ0) is 48.2. The number of carbonyl (C=O) groups is 5. The topological polar surface area (TPSA) is 195 Å². The number of allylic oxidation sites excluding steroid dienone is 6. The number of Topliss-reactive ketones (excluding diaryl/α,β-unsaturated/α-hetero) is 3. The van der Waals surface area contributed by atoms with Crippen molar-refractivity contribution < 1.29 is 63.0 Å². The number of hydrogen-bond donors (Lipinski definition) is 3. The summed E-state index contributed by atoms with van der Waals surface area (Å²) in [5.41, 5.74) is 1.27. The Hall–Kier alpha value is -3.37. The molecule has 2 bridgehead atoms. The average molecular weight is 914 g/mol. The van der Waals surface area contributed by atoms with Crippen LogP contribution in [0.3, 0.4) is 0 Å². The molecule has 0 radical (unpaired) electrons. The third kappa shape index (κ3) is 14.3. The molecule has 14 heteroatoms. The van der Waals surface area contributed by atoms with Crippen LogP contribution in [0.15, 0.2) is 47.6 Å². The summed E-state index contributed by atoms with van der Waals surface area (Å²) in [6.07, 6.45) is 11.2. The van der Waals surface area contributed by atoms with Gasteiger partial charge >= 0.3 is 5.97 Å². The van der Waals surface area contributed by atoms with E-state index in [-0.39, 0.29) is 54.8 Å². The summed E-state index contributed by atoms with van der Waals surface area (Å²) in [5.74, 6) is -7.96. The Labute approximate surface area is 387 Å². The van der Waals surface area contributed by atoms with Crippen molar-refractivity contribution in [1.29, 1.82) is 0 Å².